The minimum atomic E-state index is -0.818. The first-order valence-corrected chi connectivity index (χ1v) is 13.3. The molecule has 1 aliphatic heterocycles. The van der Waals surface area contributed by atoms with Gasteiger partial charge >= 0.3 is 5.97 Å². The molecule has 2 heterocycles. The van der Waals surface area contributed by atoms with Crippen LogP contribution in [-0.2, 0) is 9.53 Å². The van der Waals surface area contributed by atoms with E-state index in [9.17, 15) is 14.7 Å². The Morgan fingerprint density at radius 2 is 1.89 bits per heavy atom. The van der Waals surface area contributed by atoms with Gasteiger partial charge in [0.25, 0.3) is 5.56 Å². The topological polar surface area (TPSA) is 99.4 Å². The van der Waals surface area contributed by atoms with E-state index < -0.39 is 12.0 Å². The van der Waals surface area contributed by atoms with E-state index >= 15 is 0 Å². The normalized spacial score (nSPS) is 15.4. The summed E-state index contributed by atoms with van der Waals surface area (Å²) in [6, 6.07) is 7.48. The van der Waals surface area contributed by atoms with Gasteiger partial charge in [-0.2, -0.15) is 0 Å². The fraction of sp³-hybridized carbons (Fsp3) is 0.296. The lowest BCUT2D eigenvalue weighted by Gasteiger charge is -2.25. The number of ether oxygens (including phenoxy) is 3. The van der Waals surface area contributed by atoms with Gasteiger partial charge < -0.3 is 19.3 Å². The van der Waals surface area contributed by atoms with Crippen molar-refractivity contribution in [1.29, 1.82) is 0 Å². The fourth-order valence-corrected chi connectivity index (χ4v) is 5.68. The molecule has 2 aromatic carbocycles. The van der Waals surface area contributed by atoms with Crippen molar-refractivity contribution in [3.05, 3.63) is 82.5 Å². The maximum absolute atomic E-state index is 13.8. The first-order chi connectivity index (χ1) is 18.0. The number of methoxy groups -OCH3 is 1. The van der Waals surface area contributed by atoms with Crippen molar-refractivity contribution >= 4 is 46.6 Å². The lowest BCUT2D eigenvalue weighted by Crippen LogP contribution is -2.40. The number of aromatic hydroxyl groups is 1. The van der Waals surface area contributed by atoms with E-state index in [0.717, 1.165) is 11.3 Å². The van der Waals surface area contributed by atoms with E-state index in [1.165, 1.54) is 23.8 Å². The number of rotatable bonds is 7. The summed E-state index contributed by atoms with van der Waals surface area (Å²) < 4.78 is 18.6. The fourth-order valence-electron chi connectivity index (χ4n) is 4.13. The second-order valence-corrected chi connectivity index (χ2v) is 10.5. The Morgan fingerprint density at radius 3 is 2.50 bits per heavy atom. The number of halogens is 2. The SMILES string of the molecule is CCOC(=O)C1=C(C)N=c2s/c(=C\c3cc(Cl)c(O)c(Cl)c3)c(=O)n2[C@H]1c1ccc(OC(C)C)c(OC)c1. The van der Waals surface area contributed by atoms with Gasteiger partial charge in [0, 0.05) is 0 Å². The number of fused-ring (bicyclic) bond motifs is 1. The zero-order valence-corrected chi connectivity index (χ0v) is 23.7. The number of benzene rings is 2. The van der Waals surface area contributed by atoms with Crippen molar-refractivity contribution in [2.75, 3.05) is 13.7 Å². The number of hydrogen-bond donors (Lipinski definition) is 1. The zero-order chi connectivity index (χ0) is 27.7. The van der Waals surface area contributed by atoms with E-state index in [1.807, 2.05) is 13.8 Å². The van der Waals surface area contributed by atoms with Crippen molar-refractivity contribution in [3.63, 3.8) is 0 Å². The second kappa shape index (κ2) is 11.2. The van der Waals surface area contributed by atoms with E-state index in [-0.39, 0.29) is 39.6 Å². The molecule has 8 nitrogen and oxygen atoms in total. The molecular weight excluding hydrogens is 551 g/mol. The Hall–Kier alpha value is -3.27. The highest BCUT2D eigenvalue weighted by Crippen LogP contribution is 2.37. The third kappa shape index (κ3) is 5.32. The van der Waals surface area contributed by atoms with E-state index in [0.29, 0.717) is 37.7 Å². The van der Waals surface area contributed by atoms with Gasteiger partial charge in [0.1, 0.15) is 0 Å². The molecule has 0 fully saturated rings. The van der Waals surface area contributed by atoms with Gasteiger partial charge in [0.05, 0.1) is 51.7 Å². The lowest BCUT2D eigenvalue weighted by molar-refractivity contribution is -0.139. The standard InChI is InChI=1S/C27H26Cl2N2O6S/c1-6-36-26(34)22-14(4)30-27-31(23(22)16-7-8-19(37-13(2)3)20(12-16)35-5)25(33)21(38-27)11-15-9-17(28)24(32)18(29)10-15/h7-13,23,32H,6H2,1-5H3/b21-11-/t23-/m0/s1. The molecule has 1 atom stereocenters. The van der Waals surface area contributed by atoms with Gasteiger partial charge in [0.15, 0.2) is 22.0 Å². The average Bonchev–Trinajstić information content (AvgIpc) is 3.15. The number of phenolic OH excluding ortho intramolecular Hbond substituents is 1. The van der Waals surface area contributed by atoms with Crippen LogP contribution < -0.4 is 24.4 Å². The number of allylic oxidation sites excluding steroid dienone is 1. The molecule has 11 heteroatoms. The molecule has 0 bridgehead atoms. The number of hydrogen-bond acceptors (Lipinski definition) is 8. The quantitative estimate of drug-likeness (QED) is 0.412. The van der Waals surface area contributed by atoms with Gasteiger partial charge in [-0.3, -0.25) is 9.36 Å². The molecule has 0 saturated heterocycles. The van der Waals surface area contributed by atoms with Gasteiger partial charge in [-0.05, 0) is 69.2 Å². The predicted molar refractivity (Wildman–Crippen MR) is 147 cm³/mol. The molecule has 1 aromatic heterocycles. The van der Waals surface area contributed by atoms with Crippen LogP contribution >= 0.6 is 34.5 Å². The Bertz CT molecular complexity index is 1600. The Labute approximate surface area is 233 Å². The van der Waals surface area contributed by atoms with Crippen molar-refractivity contribution in [1.82, 2.24) is 4.57 Å². The highest BCUT2D eigenvalue weighted by molar-refractivity contribution is 7.07. The first-order valence-electron chi connectivity index (χ1n) is 11.8. The van der Waals surface area contributed by atoms with Gasteiger partial charge in [-0.15, -0.1) is 0 Å². The molecular formula is C27H26Cl2N2O6S. The van der Waals surface area contributed by atoms with Crippen LogP contribution in [0.5, 0.6) is 17.2 Å². The largest absolute Gasteiger partial charge is 0.505 e. The summed E-state index contributed by atoms with van der Waals surface area (Å²) in [5, 5.41) is 10.0. The Balaban J connectivity index is 1.95. The summed E-state index contributed by atoms with van der Waals surface area (Å²) in [6.07, 6.45) is 1.54. The number of phenols is 1. The summed E-state index contributed by atoms with van der Waals surface area (Å²) in [5.41, 5.74) is 1.48. The Morgan fingerprint density at radius 1 is 1.21 bits per heavy atom. The molecule has 4 rings (SSSR count). The van der Waals surface area contributed by atoms with Crippen molar-refractivity contribution in [2.45, 2.75) is 39.8 Å². The number of carbonyl (C=O) groups is 1. The molecule has 0 spiro atoms. The number of aromatic nitrogens is 1. The van der Waals surface area contributed by atoms with Gasteiger partial charge in [0.2, 0.25) is 0 Å². The first kappa shape index (κ1) is 27.8. The summed E-state index contributed by atoms with van der Waals surface area (Å²) in [6.45, 7) is 7.41. The molecule has 1 aliphatic rings. The van der Waals surface area contributed by atoms with Crippen molar-refractivity contribution in [3.8, 4) is 17.2 Å². The minimum absolute atomic E-state index is 0.0608. The van der Waals surface area contributed by atoms with Crippen LogP contribution in [0.25, 0.3) is 6.08 Å². The Kier molecular flexibility index (Phi) is 8.20. The highest BCUT2D eigenvalue weighted by atomic mass is 35.5. The molecule has 0 radical (unpaired) electrons. The van der Waals surface area contributed by atoms with E-state index in [2.05, 4.69) is 4.99 Å². The zero-order valence-electron chi connectivity index (χ0n) is 21.4. The maximum atomic E-state index is 13.8. The lowest BCUT2D eigenvalue weighted by atomic mass is 9.95. The van der Waals surface area contributed by atoms with Crippen LogP contribution in [-0.4, -0.2) is 35.5 Å². The van der Waals surface area contributed by atoms with Crippen LogP contribution in [0.15, 0.2) is 51.4 Å². The van der Waals surface area contributed by atoms with Gasteiger partial charge in [-0.25, -0.2) is 9.79 Å². The molecule has 0 aliphatic carbocycles. The summed E-state index contributed by atoms with van der Waals surface area (Å²) in [4.78, 5) is 31.9. The highest BCUT2D eigenvalue weighted by Gasteiger charge is 2.34. The minimum Gasteiger partial charge on any atom is -0.505 e. The van der Waals surface area contributed by atoms with Crippen LogP contribution in [0.4, 0.5) is 0 Å². The molecule has 0 amide bonds. The van der Waals surface area contributed by atoms with Crippen molar-refractivity contribution < 1.29 is 24.1 Å². The molecule has 0 unspecified atom stereocenters. The number of esters is 1. The molecule has 200 valence electrons. The summed E-state index contributed by atoms with van der Waals surface area (Å²) in [5.74, 6) is 0.204. The monoisotopic (exact) mass is 576 g/mol. The molecule has 0 saturated carbocycles. The van der Waals surface area contributed by atoms with Crippen LogP contribution in [0.3, 0.4) is 0 Å². The van der Waals surface area contributed by atoms with Crippen LogP contribution in [0, 0.1) is 0 Å². The molecule has 1 N–H and O–H groups in total. The van der Waals surface area contributed by atoms with Crippen LogP contribution in [0.1, 0.15) is 44.9 Å². The number of nitrogens with zero attached hydrogens (tertiary/aromatic N) is 2. The molecule has 38 heavy (non-hydrogen) atoms. The second-order valence-electron chi connectivity index (χ2n) is 8.71. The summed E-state index contributed by atoms with van der Waals surface area (Å²) in [7, 11) is 1.53. The number of carbonyl (C=O) groups excluding carboxylic acids is 1. The van der Waals surface area contributed by atoms with Crippen LogP contribution in [0.2, 0.25) is 10.0 Å². The average molecular weight is 577 g/mol. The third-order valence-electron chi connectivity index (χ3n) is 5.72. The van der Waals surface area contributed by atoms with E-state index in [1.54, 1.807) is 38.1 Å². The third-order valence-corrected chi connectivity index (χ3v) is 7.28. The smallest absolute Gasteiger partial charge is 0.338 e. The molecule has 3 aromatic rings. The van der Waals surface area contributed by atoms with E-state index in [4.69, 9.17) is 37.4 Å². The summed E-state index contributed by atoms with van der Waals surface area (Å²) >= 11 is 13.3. The van der Waals surface area contributed by atoms with Crippen molar-refractivity contribution in [2.24, 2.45) is 4.99 Å². The number of thiazole rings is 1. The predicted octanol–water partition coefficient (Wildman–Crippen LogP) is 4.61. The van der Waals surface area contributed by atoms with Gasteiger partial charge in [-0.1, -0.05) is 40.6 Å². The maximum Gasteiger partial charge on any atom is 0.338 e.